The normalized spacial score (nSPS) is 12.4. The van der Waals surface area contributed by atoms with Crippen molar-refractivity contribution in [1.82, 2.24) is 0 Å². The average molecular weight is 534 g/mol. The van der Waals surface area contributed by atoms with Gasteiger partial charge in [0.1, 0.15) is 5.76 Å². The minimum Gasteiger partial charge on any atom is -0.508 e. The smallest absolute Gasteiger partial charge is 0.114 e. The first-order valence-corrected chi connectivity index (χ1v) is 8.78. The molecule has 0 rings (SSSR count). The van der Waals surface area contributed by atoms with Gasteiger partial charge in [-0.05, 0) is 42.9 Å². The fourth-order valence-electron chi connectivity index (χ4n) is 1.36. The second kappa shape index (κ2) is 26.1. The molecule has 0 saturated heterocycles. The first-order valence-electron chi connectivity index (χ1n) is 8.78. The van der Waals surface area contributed by atoms with Gasteiger partial charge >= 0.3 is 0 Å². The molecule has 1 unspecified atom stereocenters. The van der Waals surface area contributed by atoms with Crippen molar-refractivity contribution in [3.63, 3.8) is 0 Å². The molecule has 0 aromatic heterocycles. The Kier molecular flexibility index (Phi) is 36.1. The van der Waals surface area contributed by atoms with Gasteiger partial charge in [-0.1, -0.05) is 91.2 Å². The van der Waals surface area contributed by atoms with E-state index in [2.05, 4.69) is 53.0 Å². The van der Waals surface area contributed by atoms with Gasteiger partial charge in [0.15, 0.2) is 0 Å². The van der Waals surface area contributed by atoms with Crippen LogP contribution >= 0.6 is 0 Å². The summed E-state index contributed by atoms with van der Waals surface area (Å²) in [7, 11) is 1.00. The van der Waals surface area contributed by atoms with E-state index in [1.165, 1.54) is 11.6 Å². The number of hydrogen-bond acceptors (Lipinski definition) is 2. The molecule has 0 aromatic rings. The summed E-state index contributed by atoms with van der Waals surface area (Å²) in [5, 5.41) is 15.7. The Bertz CT molecular complexity index is 422. The van der Waals surface area contributed by atoms with Crippen molar-refractivity contribution < 1.29 is 31.3 Å². The summed E-state index contributed by atoms with van der Waals surface area (Å²) in [6.07, 6.45) is 14.8. The molecule has 0 aromatic carbocycles. The summed E-state index contributed by atoms with van der Waals surface area (Å²) in [6, 6.07) is 0. The molecule has 0 radical (unpaired) electrons. The zero-order chi connectivity index (χ0) is 20.9. The second-order valence-corrected chi connectivity index (χ2v) is 5.81. The zero-order valence-electron chi connectivity index (χ0n) is 18.4. The maximum Gasteiger partial charge on any atom is 0.114 e. The Morgan fingerprint density at radius 2 is 1.27 bits per heavy atom. The third-order valence-corrected chi connectivity index (χ3v) is 3.18. The van der Waals surface area contributed by atoms with Crippen molar-refractivity contribution in [2.45, 2.75) is 55.4 Å². The van der Waals surface area contributed by atoms with Crippen molar-refractivity contribution in [2.24, 2.45) is 11.3 Å². The molecule has 1 atom stereocenters. The van der Waals surface area contributed by atoms with E-state index in [0.29, 0.717) is 11.3 Å². The first-order chi connectivity index (χ1) is 11.7. The third-order valence-electron chi connectivity index (χ3n) is 3.18. The summed E-state index contributed by atoms with van der Waals surface area (Å²) in [5.41, 5.74) is 1.62. The van der Waals surface area contributed by atoms with Crippen molar-refractivity contribution in [1.29, 1.82) is 0 Å². The molecular weight excluding hydrogens is 492 g/mol. The standard InChI is InChI=1S/C13H22.C7H10O.C2H6.CH4O.W/c1-7-9-10-12(8-2)11(3)13(4,5)6;1-3-5-6-7(8)4-2;2*1-2;/h7-11H,2H2,1,3-6H3;3-6,8H,2H2,1H3;1-2H3;2H,1H3;/b9-7-,12-10+;5-3-,7-6+;;;. The van der Waals surface area contributed by atoms with E-state index in [9.17, 15) is 0 Å². The molecule has 0 spiro atoms. The molecule has 3 heteroatoms. The van der Waals surface area contributed by atoms with Crippen LogP contribution in [0.15, 0.2) is 73.1 Å². The van der Waals surface area contributed by atoms with Gasteiger partial charge in [0, 0.05) is 28.2 Å². The molecule has 0 saturated carbocycles. The molecule has 0 aliphatic rings. The van der Waals surface area contributed by atoms with Crippen molar-refractivity contribution >= 4 is 0 Å². The van der Waals surface area contributed by atoms with Crippen LogP contribution in [0.2, 0.25) is 0 Å². The molecule has 2 N–H and O–H groups in total. The van der Waals surface area contributed by atoms with E-state index in [1.807, 2.05) is 45.9 Å². The minimum absolute atomic E-state index is 0. The molecule has 0 aliphatic carbocycles. The average Bonchev–Trinajstić information content (AvgIpc) is 2.63. The van der Waals surface area contributed by atoms with Crippen LogP contribution in [0, 0.1) is 11.3 Å². The van der Waals surface area contributed by atoms with Gasteiger partial charge in [-0.15, -0.1) is 0 Å². The molecule has 0 heterocycles. The minimum atomic E-state index is 0. The van der Waals surface area contributed by atoms with Gasteiger partial charge in [-0.2, -0.15) is 0 Å². The van der Waals surface area contributed by atoms with Crippen LogP contribution in [0.4, 0.5) is 0 Å². The van der Waals surface area contributed by atoms with Crippen LogP contribution in [0.1, 0.15) is 55.4 Å². The van der Waals surface area contributed by atoms with Gasteiger partial charge in [0.25, 0.3) is 0 Å². The predicted octanol–water partition coefficient (Wildman–Crippen LogP) is 7.18. The quantitative estimate of drug-likeness (QED) is 0.290. The SMILES string of the molecule is C=C/C(=C\C=C/C)C(C)C(C)(C)C.C=C/C(O)=C\C=C/C.CC.CO.[W]. The van der Waals surface area contributed by atoms with Gasteiger partial charge in [0.05, 0.1) is 0 Å². The number of hydrogen-bond donors (Lipinski definition) is 2. The van der Waals surface area contributed by atoms with Crippen LogP contribution in [0.3, 0.4) is 0 Å². The van der Waals surface area contributed by atoms with Crippen molar-refractivity contribution in [3.8, 4) is 0 Å². The maximum absolute atomic E-state index is 8.68. The molecule has 2 nitrogen and oxygen atoms in total. The van der Waals surface area contributed by atoms with E-state index in [0.717, 1.165) is 7.11 Å². The van der Waals surface area contributed by atoms with E-state index >= 15 is 0 Å². The number of aliphatic hydroxyl groups excluding tert-OH is 2. The fourth-order valence-corrected chi connectivity index (χ4v) is 1.36. The molecule has 152 valence electrons. The number of allylic oxidation sites excluding steroid dienone is 9. The molecule has 26 heavy (non-hydrogen) atoms. The Labute approximate surface area is 178 Å². The van der Waals surface area contributed by atoms with E-state index < -0.39 is 0 Å². The summed E-state index contributed by atoms with van der Waals surface area (Å²) in [4.78, 5) is 0. The van der Waals surface area contributed by atoms with Crippen LogP contribution < -0.4 is 0 Å². The summed E-state index contributed by atoms with van der Waals surface area (Å²) in [5.74, 6) is 0.740. The second-order valence-electron chi connectivity index (χ2n) is 5.81. The predicted molar refractivity (Wildman–Crippen MR) is 117 cm³/mol. The Balaban J connectivity index is -0.0000000977. The molecule has 0 bridgehead atoms. The van der Waals surface area contributed by atoms with Crippen molar-refractivity contribution in [3.05, 3.63) is 73.1 Å². The van der Waals surface area contributed by atoms with Crippen LogP contribution in [0.5, 0.6) is 0 Å². The number of aliphatic hydroxyl groups is 2. The Morgan fingerprint density at radius 3 is 1.54 bits per heavy atom. The van der Waals surface area contributed by atoms with E-state index in [4.69, 9.17) is 10.2 Å². The Morgan fingerprint density at radius 1 is 0.885 bits per heavy atom. The topological polar surface area (TPSA) is 40.5 Å². The summed E-state index contributed by atoms with van der Waals surface area (Å²) in [6.45, 7) is 24.1. The van der Waals surface area contributed by atoms with Gasteiger partial charge in [-0.25, -0.2) is 0 Å². The van der Waals surface area contributed by atoms with Crippen molar-refractivity contribution in [2.75, 3.05) is 7.11 Å². The Hall–Kier alpha value is -1.11. The fraction of sp³-hybridized carbons (Fsp3) is 0.478. The van der Waals surface area contributed by atoms with Gasteiger partial charge < -0.3 is 10.2 Å². The zero-order valence-corrected chi connectivity index (χ0v) is 21.3. The van der Waals surface area contributed by atoms with Crippen LogP contribution in [-0.4, -0.2) is 17.3 Å². The monoisotopic (exact) mass is 534 g/mol. The first kappa shape index (κ1) is 35.9. The third kappa shape index (κ3) is 25.1. The van der Waals surface area contributed by atoms with E-state index in [1.54, 1.807) is 12.2 Å². The van der Waals surface area contributed by atoms with Gasteiger partial charge in [-0.3, -0.25) is 0 Å². The molecule has 0 fully saturated rings. The maximum atomic E-state index is 8.68. The van der Waals surface area contributed by atoms with Gasteiger partial charge in [0.2, 0.25) is 0 Å². The van der Waals surface area contributed by atoms with Crippen LogP contribution in [-0.2, 0) is 21.1 Å². The largest absolute Gasteiger partial charge is 0.508 e. The molecular formula is C23H42O2W. The summed E-state index contributed by atoms with van der Waals surface area (Å²) >= 11 is 0. The summed E-state index contributed by atoms with van der Waals surface area (Å²) < 4.78 is 0. The van der Waals surface area contributed by atoms with E-state index in [-0.39, 0.29) is 26.8 Å². The van der Waals surface area contributed by atoms with Crippen LogP contribution in [0.25, 0.3) is 0 Å². The molecule has 0 amide bonds. The number of rotatable bonds is 5. The molecule has 0 aliphatic heterocycles.